The van der Waals surface area contributed by atoms with Crippen molar-refractivity contribution in [3.63, 3.8) is 0 Å². The van der Waals surface area contributed by atoms with Crippen LogP contribution >= 0.6 is 11.6 Å². The molecule has 3 aromatic carbocycles. The lowest BCUT2D eigenvalue weighted by molar-refractivity contribution is -0.123. The molecule has 1 amide bonds. The molecular weight excluding hydrogens is 468 g/mol. The smallest absolute Gasteiger partial charge is 0.343 e. The number of methoxy groups -OCH3 is 1. The van der Waals surface area contributed by atoms with E-state index >= 15 is 0 Å². The normalized spacial score (nSPS) is 10.9. The topological polar surface area (TPSA) is 86.2 Å². The molecule has 0 fully saturated rings. The number of carbonyl (C=O) groups is 2. The van der Waals surface area contributed by atoms with E-state index < -0.39 is 11.9 Å². The first-order chi connectivity index (χ1) is 16.8. The molecule has 0 heterocycles. The number of amides is 1. The van der Waals surface area contributed by atoms with E-state index in [1.54, 1.807) is 42.5 Å². The summed E-state index contributed by atoms with van der Waals surface area (Å²) < 4.78 is 16.4. The van der Waals surface area contributed by atoms with Crippen LogP contribution in [0.1, 0.15) is 46.8 Å². The highest BCUT2D eigenvalue weighted by Crippen LogP contribution is 2.28. The Morgan fingerprint density at radius 1 is 1.00 bits per heavy atom. The van der Waals surface area contributed by atoms with Gasteiger partial charge in [-0.05, 0) is 78.1 Å². The van der Waals surface area contributed by atoms with Gasteiger partial charge in [0.15, 0.2) is 18.1 Å². The first kappa shape index (κ1) is 25.8. The number of nitrogens with one attached hydrogen (secondary N) is 1. The molecule has 3 aromatic rings. The van der Waals surface area contributed by atoms with E-state index in [-0.39, 0.29) is 12.4 Å². The van der Waals surface area contributed by atoms with E-state index in [9.17, 15) is 9.59 Å². The van der Waals surface area contributed by atoms with Crippen molar-refractivity contribution in [1.29, 1.82) is 0 Å². The number of hydrogen-bond acceptors (Lipinski definition) is 6. The zero-order chi connectivity index (χ0) is 25.4. The van der Waals surface area contributed by atoms with Gasteiger partial charge in [0.2, 0.25) is 0 Å². The maximum atomic E-state index is 12.4. The van der Waals surface area contributed by atoms with Crippen LogP contribution in [0.4, 0.5) is 0 Å². The fourth-order valence-electron chi connectivity index (χ4n) is 3.08. The second-order valence-corrected chi connectivity index (χ2v) is 8.50. The number of hydrogen-bond donors (Lipinski definition) is 1. The number of aryl methyl sites for hydroxylation is 1. The summed E-state index contributed by atoms with van der Waals surface area (Å²) in [5, 5.41) is 4.49. The zero-order valence-corrected chi connectivity index (χ0v) is 20.8. The molecule has 0 aliphatic rings. The van der Waals surface area contributed by atoms with Gasteiger partial charge >= 0.3 is 5.97 Å². The molecule has 0 saturated heterocycles. The second kappa shape index (κ2) is 12.0. The van der Waals surface area contributed by atoms with Crippen molar-refractivity contribution in [3.8, 4) is 17.2 Å². The average Bonchev–Trinajstić information content (AvgIpc) is 2.84. The zero-order valence-electron chi connectivity index (χ0n) is 20.0. The van der Waals surface area contributed by atoms with Crippen LogP contribution in [0.2, 0.25) is 5.02 Å². The molecule has 8 heteroatoms. The van der Waals surface area contributed by atoms with Gasteiger partial charge < -0.3 is 14.2 Å². The Kier molecular flexibility index (Phi) is 8.86. The standard InChI is InChI=1S/C27H27ClN2O5/c1-17(2)21-7-5-18(3)24(14-21)34-16-26(31)30-29-15-19-6-12-23(25(13-19)33-4)35-27(32)20-8-10-22(28)11-9-20/h5-15,17H,16H2,1-4H3,(H,30,31)/b29-15+. The third-order valence-electron chi connectivity index (χ3n) is 5.11. The van der Waals surface area contributed by atoms with Crippen LogP contribution in [0.5, 0.6) is 17.2 Å². The third-order valence-corrected chi connectivity index (χ3v) is 5.36. The largest absolute Gasteiger partial charge is 0.493 e. The summed E-state index contributed by atoms with van der Waals surface area (Å²) in [7, 11) is 1.46. The van der Waals surface area contributed by atoms with Crippen molar-refractivity contribution in [2.75, 3.05) is 13.7 Å². The number of hydrazone groups is 1. The van der Waals surface area contributed by atoms with Gasteiger partial charge in [0, 0.05) is 5.02 Å². The van der Waals surface area contributed by atoms with E-state index in [1.807, 2.05) is 19.1 Å². The highest BCUT2D eigenvalue weighted by atomic mass is 35.5. The van der Waals surface area contributed by atoms with Gasteiger partial charge in [-0.25, -0.2) is 10.2 Å². The number of benzene rings is 3. The summed E-state index contributed by atoms with van der Waals surface area (Å²) >= 11 is 5.85. The summed E-state index contributed by atoms with van der Waals surface area (Å²) in [5.74, 6) is 0.691. The Bertz CT molecular complexity index is 1220. The molecule has 0 saturated carbocycles. The van der Waals surface area contributed by atoms with E-state index in [1.165, 1.54) is 13.3 Å². The highest BCUT2D eigenvalue weighted by molar-refractivity contribution is 6.30. The molecule has 0 spiro atoms. The summed E-state index contributed by atoms with van der Waals surface area (Å²) in [4.78, 5) is 24.5. The summed E-state index contributed by atoms with van der Waals surface area (Å²) in [6, 6.07) is 17.3. The number of rotatable bonds is 9. The Labute approximate surface area is 209 Å². The van der Waals surface area contributed by atoms with Gasteiger partial charge in [-0.1, -0.05) is 37.6 Å². The van der Waals surface area contributed by atoms with Crippen molar-refractivity contribution in [3.05, 3.63) is 87.9 Å². The maximum Gasteiger partial charge on any atom is 0.343 e. The minimum Gasteiger partial charge on any atom is -0.493 e. The molecule has 0 aromatic heterocycles. The van der Waals surface area contributed by atoms with E-state index in [4.69, 9.17) is 25.8 Å². The quantitative estimate of drug-likeness (QED) is 0.183. The fraction of sp³-hybridized carbons (Fsp3) is 0.222. The van der Waals surface area contributed by atoms with Crippen LogP contribution in [-0.2, 0) is 4.79 Å². The molecule has 3 rings (SSSR count). The van der Waals surface area contributed by atoms with Crippen LogP contribution in [0.15, 0.2) is 65.8 Å². The van der Waals surface area contributed by atoms with Gasteiger partial charge in [-0.15, -0.1) is 0 Å². The van der Waals surface area contributed by atoms with Crippen molar-refractivity contribution in [2.45, 2.75) is 26.7 Å². The SMILES string of the molecule is COc1cc(/C=N/NC(=O)COc2cc(C(C)C)ccc2C)ccc1OC(=O)c1ccc(Cl)cc1. The van der Waals surface area contributed by atoms with Crippen LogP contribution in [0.25, 0.3) is 0 Å². The second-order valence-electron chi connectivity index (χ2n) is 8.07. The highest BCUT2D eigenvalue weighted by Gasteiger charge is 2.13. The van der Waals surface area contributed by atoms with Crippen LogP contribution in [-0.4, -0.2) is 31.8 Å². The van der Waals surface area contributed by atoms with Gasteiger partial charge in [-0.2, -0.15) is 5.10 Å². The predicted molar refractivity (Wildman–Crippen MR) is 136 cm³/mol. The molecule has 1 N–H and O–H groups in total. The lowest BCUT2D eigenvalue weighted by atomic mass is 10.0. The summed E-state index contributed by atoms with van der Waals surface area (Å²) in [6.45, 7) is 5.96. The van der Waals surface area contributed by atoms with Crippen LogP contribution in [0.3, 0.4) is 0 Å². The molecule has 182 valence electrons. The molecular formula is C27H27ClN2O5. The van der Waals surface area contributed by atoms with Crippen LogP contribution in [0, 0.1) is 6.92 Å². The van der Waals surface area contributed by atoms with Crippen molar-refractivity contribution >= 4 is 29.7 Å². The molecule has 0 atom stereocenters. The lowest BCUT2D eigenvalue weighted by Crippen LogP contribution is -2.24. The van der Waals surface area contributed by atoms with Crippen molar-refractivity contribution in [1.82, 2.24) is 5.43 Å². The minimum atomic E-state index is -0.539. The van der Waals surface area contributed by atoms with Gasteiger partial charge in [0.1, 0.15) is 5.75 Å². The molecule has 0 aliphatic carbocycles. The van der Waals surface area contributed by atoms with Crippen molar-refractivity contribution < 1.29 is 23.8 Å². The van der Waals surface area contributed by atoms with Crippen molar-refractivity contribution in [2.24, 2.45) is 5.10 Å². The molecule has 35 heavy (non-hydrogen) atoms. The summed E-state index contributed by atoms with van der Waals surface area (Å²) in [5.41, 5.74) is 5.52. The molecule has 0 radical (unpaired) electrons. The lowest BCUT2D eigenvalue weighted by Gasteiger charge is -2.12. The van der Waals surface area contributed by atoms with Gasteiger partial charge in [-0.3, -0.25) is 4.79 Å². The predicted octanol–water partition coefficient (Wildman–Crippen LogP) is 5.53. The number of esters is 1. The number of halogens is 1. The van der Waals surface area contributed by atoms with E-state index in [0.717, 1.165) is 11.1 Å². The molecule has 0 unspecified atom stereocenters. The average molecular weight is 495 g/mol. The monoisotopic (exact) mass is 494 g/mol. The third kappa shape index (κ3) is 7.32. The van der Waals surface area contributed by atoms with E-state index in [2.05, 4.69) is 30.4 Å². The Morgan fingerprint density at radius 3 is 2.43 bits per heavy atom. The maximum absolute atomic E-state index is 12.4. The van der Waals surface area contributed by atoms with Gasteiger partial charge in [0.05, 0.1) is 18.9 Å². The molecule has 0 aliphatic heterocycles. The molecule has 7 nitrogen and oxygen atoms in total. The molecule has 0 bridgehead atoms. The Morgan fingerprint density at radius 2 is 1.74 bits per heavy atom. The van der Waals surface area contributed by atoms with E-state index in [0.29, 0.717) is 33.6 Å². The first-order valence-electron chi connectivity index (χ1n) is 11.0. The Balaban J connectivity index is 1.57. The minimum absolute atomic E-state index is 0.164. The summed E-state index contributed by atoms with van der Waals surface area (Å²) in [6.07, 6.45) is 1.45. The Hall–Kier alpha value is -3.84. The fourth-order valence-corrected chi connectivity index (χ4v) is 3.21. The number of carbonyl (C=O) groups excluding carboxylic acids is 2. The first-order valence-corrected chi connectivity index (χ1v) is 11.4. The van der Waals surface area contributed by atoms with Gasteiger partial charge in [0.25, 0.3) is 5.91 Å². The van der Waals surface area contributed by atoms with Crippen LogP contribution < -0.4 is 19.6 Å². The number of ether oxygens (including phenoxy) is 3. The number of nitrogens with zero attached hydrogens (tertiary/aromatic N) is 1.